The van der Waals surface area contributed by atoms with Gasteiger partial charge in [-0.05, 0) is 41.7 Å². The number of aryl methyl sites for hydroxylation is 1. The molecule has 0 aliphatic carbocycles. The Balaban J connectivity index is 1.87. The van der Waals surface area contributed by atoms with Crippen LogP contribution < -0.4 is 4.74 Å². The van der Waals surface area contributed by atoms with Crippen LogP contribution in [0.3, 0.4) is 0 Å². The van der Waals surface area contributed by atoms with Crippen LogP contribution in [-0.2, 0) is 24.2 Å². The van der Waals surface area contributed by atoms with E-state index in [9.17, 15) is 22.0 Å². The van der Waals surface area contributed by atoms with Gasteiger partial charge in [-0.15, -0.1) is 13.2 Å². The van der Waals surface area contributed by atoms with Gasteiger partial charge in [0.15, 0.2) is 0 Å². The fourth-order valence-electron chi connectivity index (χ4n) is 2.47. The molecule has 0 bridgehead atoms. The molecule has 2 aromatic rings. The van der Waals surface area contributed by atoms with Crippen molar-refractivity contribution >= 4 is 0 Å². The van der Waals surface area contributed by atoms with E-state index < -0.39 is 24.6 Å². The predicted octanol–water partition coefficient (Wildman–Crippen LogP) is 6.28. The van der Waals surface area contributed by atoms with Crippen LogP contribution in [0.4, 0.5) is 22.0 Å². The van der Waals surface area contributed by atoms with Crippen molar-refractivity contribution in [2.24, 2.45) is 0 Å². The van der Waals surface area contributed by atoms with Crippen LogP contribution in [0.5, 0.6) is 5.75 Å². The molecule has 0 spiro atoms. The van der Waals surface area contributed by atoms with E-state index in [2.05, 4.69) is 11.7 Å². The fourth-order valence-corrected chi connectivity index (χ4v) is 2.47. The number of benzene rings is 2. The lowest BCUT2D eigenvalue weighted by atomic mass is 10.1. The summed E-state index contributed by atoms with van der Waals surface area (Å²) in [7, 11) is 0. The van der Waals surface area contributed by atoms with Crippen molar-refractivity contribution in [2.45, 2.75) is 51.7 Å². The zero-order chi connectivity index (χ0) is 19.9. The van der Waals surface area contributed by atoms with E-state index in [1.807, 2.05) is 12.1 Å². The van der Waals surface area contributed by atoms with E-state index >= 15 is 0 Å². The molecule has 0 amide bonds. The maximum absolute atomic E-state index is 14.0. The smallest absolute Gasteiger partial charge is 0.406 e. The second-order valence-corrected chi connectivity index (χ2v) is 6.21. The van der Waals surface area contributed by atoms with Crippen LogP contribution in [0, 0.1) is 0 Å². The van der Waals surface area contributed by atoms with Crippen molar-refractivity contribution in [3.05, 3.63) is 65.2 Å². The van der Waals surface area contributed by atoms with Gasteiger partial charge >= 0.3 is 12.5 Å². The maximum Gasteiger partial charge on any atom is 0.573 e. The number of ether oxygens (including phenoxy) is 2. The van der Waals surface area contributed by atoms with Gasteiger partial charge in [-0.25, -0.2) is 0 Å². The Bertz CT molecular complexity index is 694. The first kappa shape index (κ1) is 21.2. The Morgan fingerprint density at radius 1 is 0.778 bits per heavy atom. The van der Waals surface area contributed by atoms with Crippen molar-refractivity contribution in [3.8, 4) is 5.75 Å². The van der Waals surface area contributed by atoms with Crippen LogP contribution in [-0.4, -0.2) is 12.5 Å². The van der Waals surface area contributed by atoms with Crippen molar-refractivity contribution in [2.75, 3.05) is 0 Å². The summed E-state index contributed by atoms with van der Waals surface area (Å²) in [6, 6.07) is 11.6. The summed E-state index contributed by atoms with van der Waals surface area (Å²) in [5, 5.41) is 0. The molecule has 0 radical (unpaired) electrons. The average Bonchev–Trinajstić information content (AvgIpc) is 2.59. The molecule has 0 aliphatic rings. The van der Waals surface area contributed by atoms with Crippen molar-refractivity contribution < 1.29 is 31.4 Å². The van der Waals surface area contributed by atoms with Gasteiger partial charge in [-0.3, -0.25) is 0 Å². The zero-order valence-corrected chi connectivity index (χ0v) is 14.9. The van der Waals surface area contributed by atoms with Crippen molar-refractivity contribution in [1.29, 1.82) is 0 Å². The highest BCUT2D eigenvalue weighted by Crippen LogP contribution is 2.27. The second kappa shape index (κ2) is 9.17. The first-order valence-electron chi connectivity index (χ1n) is 8.61. The molecular weight excluding hydrogens is 367 g/mol. The lowest BCUT2D eigenvalue weighted by molar-refractivity contribution is -0.274. The second-order valence-electron chi connectivity index (χ2n) is 6.21. The number of rotatable bonds is 9. The molecule has 0 N–H and O–H groups in total. The Labute approximate surface area is 154 Å². The summed E-state index contributed by atoms with van der Waals surface area (Å²) < 4.78 is 72.7. The fraction of sp³-hybridized carbons (Fsp3) is 0.400. The molecule has 7 heteroatoms. The predicted molar refractivity (Wildman–Crippen MR) is 91.6 cm³/mol. The summed E-state index contributed by atoms with van der Waals surface area (Å²) in [6.07, 6.45) is -5.90. The van der Waals surface area contributed by atoms with E-state index in [0.29, 0.717) is 5.56 Å². The number of hydrogen-bond acceptors (Lipinski definition) is 2. The molecule has 2 rings (SSSR count). The Kier molecular flexibility index (Phi) is 7.18. The summed E-state index contributed by atoms with van der Waals surface area (Å²) in [6.45, 7) is 1.84. The minimum absolute atomic E-state index is 0.143. The third-order valence-corrected chi connectivity index (χ3v) is 3.86. The molecule has 0 aromatic heterocycles. The quantitative estimate of drug-likeness (QED) is 0.471. The minimum Gasteiger partial charge on any atom is -0.406 e. The monoisotopic (exact) mass is 388 g/mol. The van der Waals surface area contributed by atoms with Crippen molar-refractivity contribution in [3.63, 3.8) is 0 Å². The van der Waals surface area contributed by atoms with Crippen LogP contribution in [0.15, 0.2) is 48.5 Å². The van der Waals surface area contributed by atoms with Crippen LogP contribution in [0.2, 0.25) is 0 Å². The molecule has 0 saturated carbocycles. The van der Waals surface area contributed by atoms with Gasteiger partial charge < -0.3 is 9.47 Å². The molecule has 0 aliphatic heterocycles. The number of hydrogen-bond donors (Lipinski definition) is 0. The molecule has 0 unspecified atom stereocenters. The van der Waals surface area contributed by atoms with E-state index in [4.69, 9.17) is 4.74 Å². The molecule has 2 nitrogen and oxygen atoms in total. The Morgan fingerprint density at radius 3 is 1.89 bits per heavy atom. The molecule has 0 saturated heterocycles. The zero-order valence-electron chi connectivity index (χ0n) is 14.9. The van der Waals surface area contributed by atoms with Crippen LogP contribution >= 0.6 is 0 Å². The van der Waals surface area contributed by atoms with Crippen molar-refractivity contribution in [1.82, 2.24) is 0 Å². The van der Waals surface area contributed by atoms with E-state index in [-0.39, 0.29) is 12.2 Å². The van der Waals surface area contributed by atoms with E-state index in [0.717, 1.165) is 49.1 Å². The standard InChI is InChI=1S/C20H21F5O2/c1-2-3-4-15-5-7-17(8-6-15)14-26-19(21,22)13-16-9-11-18(12-10-16)27-20(23,24)25/h5-12H,2-4,13-14H2,1H3. The van der Waals surface area contributed by atoms with Gasteiger partial charge in [-0.2, -0.15) is 8.78 Å². The highest BCUT2D eigenvalue weighted by atomic mass is 19.4. The van der Waals surface area contributed by atoms with Gasteiger partial charge in [0.05, 0.1) is 13.0 Å². The largest absolute Gasteiger partial charge is 0.573 e. The molecule has 0 atom stereocenters. The molecule has 0 fully saturated rings. The third-order valence-electron chi connectivity index (χ3n) is 3.86. The van der Waals surface area contributed by atoms with E-state index in [1.54, 1.807) is 12.1 Å². The maximum atomic E-state index is 14.0. The van der Waals surface area contributed by atoms with Gasteiger partial charge in [0.1, 0.15) is 5.75 Å². The van der Waals surface area contributed by atoms with Crippen LogP contribution in [0.25, 0.3) is 0 Å². The van der Waals surface area contributed by atoms with Gasteiger partial charge in [0, 0.05) is 0 Å². The third kappa shape index (κ3) is 7.95. The highest BCUT2D eigenvalue weighted by Gasteiger charge is 2.32. The lowest BCUT2D eigenvalue weighted by Gasteiger charge is -2.17. The number of halogens is 5. The first-order valence-corrected chi connectivity index (χ1v) is 8.61. The Hall–Kier alpha value is -2.15. The first-order chi connectivity index (χ1) is 12.7. The highest BCUT2D eigenvalue weighted by molar-refractivity contribution is 5.28. The number of alkyl halides is 5. The summed E-state index contributed by atoms with van der Waals surface area (Å²) in [5.41, 5.74) is 1.92. The van der Waals surface area contributed by atoms with Gasteiger partial charge in [0.2, 0.25) is 0 Å². The summed E-state index contributed by atoms with van der Waals surface area (Å²) in [5.74, 6) is -0.460. The van der Waals surface area contributed by atoms with Gasteiger partial charge in [0.25, 0.3) is 0 Å². The van der Waals surface area contributed by atoms with E-state index in [1.165, 1.54) is 0 Å². The molecule has 27 heavy (non-hydrogen) atoms. The molecule has 0 heterocycles. The lowest BCUT2D eigenvalue weighted by Crippen LogP contribution is -2.23. The minimum atomic E-state index is -4.82. The number of unbranched alkanes of at least 4 members (excludes halogenated alkanes) is 1. The molecular formula is C20H21F5O2. The molecule has 2 aromatic carbocycles. The Morgan fingerprint density at radius 2 is 1.33 bits per heavy atom. The topological polar surface area (TPSA) is 18.5 Å². The summed E-state index contributed by atoms with van der Waals surface area (Å²) >= 11 is 0. The van der Waals surface area contributed by atoms with Gasteiger partial charge in [-0.1, -0.05) is 49.7 Å². The van der Waals surface area contributed by atoms with Crippen LogP contribution in [0.1, 0.15) is 36.5 Å². The average molecular weight is 388 g/mol. The molecule has 148 valence electrons. The summed E-state index contributed by atoms with van der Waals surface area (Å²) in [4.78, 5) is 0. The SMILES string of the molecule is CCCCc1ccc(COC(F)(F)Cc2ccc(OC(F)(F)F)cc2)cc1. The normalized spacial score (nSPS) is 12.2.